The van der Waals surface area contributed by atoms with Crippen molar-refractivity contribution in [2.24, 2.45) is 0 Å². The lowest BCUT2D eigenvalue weighted by Crippen LogP contribution is -2.43. The Labute approximate surface area is 183 Å². The quantitative estimate of drug-likeness (QED) is 0.655. The van der Waals surface area contributed by atoms with Crippen molar-refractivity contribution >= 4 is 44.6 Å². The summed E-state index contributed by atoms with van der Waals surface area (Å²) in [6.07, 6.45) is 0. The molecule has 3 aromatic carbocycles. The molecule has 0 atom stereocenters. The third-order valence-electron chi connectivity index (χ3n) is 5.47. The Hall–Kier alpha value is -2.35. The number of piperazine rings is 1. The summed E-state index contributed by atoms with van der Waals surface area (Å²) < 4.78 is 41.9. The largest absolute Gasteiger partial charge is 0.368 e. The van der Waals surface area contributed by atoms with Gasteiger partial charge in [0.05, 0.1) is 10.6 Å². The van der Waals surface area contributed by atoms with Gasteiger partial charge in [0.25, 0.3) is 10.0 Å². The van der Waals surface area contributed by atoms with Crippen LogP contribution in [-0.4, -0.2) is 41.6 Å². The van der Waals surface area contributed by atoms with Gasteiger partial charge in [-0.1, -0.05) is 30.3 Å². The van der Waals surface area contributed by atoms with Crippen LogP contribution in [0.5, 0.6) is 0 Å². The fourth-order valence-corrected chi connectivity index (χ4v) is 5.31. The molecular formula is C22H25ClFN3O2S. The Balaban J connectivity index is 0.00000256. The first-order valence-electron chi connectivity index (χ1n) is 9.62. The maximum atomic E-state index is 13.8. The first-order chi connectivity index (χ1) is 13.9. The average molecular weight is 450 g/mol. The molecule has 1 aliphatic rings. The van der Waals surface area contributed by atoms with E-state index in [1.54, 1.807) is 19.1 Å². The highest BCUT2D eigenvalue weighted by atomic mass is 35.5. The van der Waals surface area contributed by atoms with Crippen LogP contribution in [0.3, 0.4) is 0 Å². The zero-order valence-corrected chi connectivity index (χ0v) is 18.6. The topological polar surface area (TPSA) is 52.7 Å². The molecule has 0 saturated carbocycles. The van der Waals surface area contributed by atoms with Crippen LogP contribution >= 0.6 is 12.4 Å². The molecule has 5 nitrogen and oxygen atoms in total. The zero-order valence-electron chi connectivity index (χ0n) is 16.9. The number of halogens is 2. The molecule has 30 heavy (non-hydrogen) atoms. The van der Waals surface area contributed by atoms with Gasteiger partial charge in [-0.2, -0.15) is 0 Å². The smallest absolute Gasteiger partial charge is 0.264 e. The first kappa shape index (κ1) is 22.3. The first-order valence-corrected chi connectivity index (χ1v) is 11.1. The highest BCUT2D eigenvalue weighted by molar-refractivity contribution is 7.93. The highest BCUT2D eigenvalue weighted by Crippen LogP contribution is 2.35. The monoisotopic (exact) mass is 449 g/mol. The fraction of sp³-hybridized carbons (Fsp3) is 0.273. The van der Waals surface area contributed by atoms with Crippen LogP contribution in [0.4, 0.5) is 15.8 Å². The number of aryl methyl sites for hydroxylation is 1. The van der Waals surface area contributed by atoms with Gasteiger partial charge in [-0.25, -0.2) is 12.8 Å². The standard InChI is InChI=1S/C22H24FN3O2S.ClH/c1-16-7-8-17(23)15-21(16)25(2)29(27,28)22-10-9-20(26-13-11-24-12-14-26)18-5-3-4-6-19(18)22;/h3-10,15,24H,11-14H2,1-2H3;1H. The molecule has 8 heteroatoms. The zero-order chi connectivity index (χ0) is 20.6. The van der Waals surface area contributed by atoms with Crippen LogP contribution in [0, 0.1) is 12.7 Å². The SMILES string of the molecule is Cc1ccc(F)cc1N(C)S(=O)(=O)c1ccc(N2CCNCC2)c2ccccc12.Cl. The molecule has 0 radical (unpaired) electrons. The van der Waals surface area contributed by atoms with E-state index in [1.165, 1.54) is 19.2 Å². The van der Waals surface area contributed by atoms with E-state index in [9.17, 15) is 12.8 Å². The Morgan fingerprint density at radius 2 is 1.67 bits per heavy atom. The van der Waals surface area contributed by atoms with Gasteiger partial charge >= 0.3 is 0 Å². The number of sulfonamides is 1. The fourth-order valence-electron chi connectivity index (χ4n) is 3.86. The van der Waals surface area contributed by atoms with E-state index in [4.69, 9.17) is 0 Å². The summed E-state index contributed by atoms with van der Waals surface area (Å²) in [5.74, 6) is -0.466. The van der Waals surface area contributed by atoms with Crippen molar-refractivity contribution in [3.63, 3.8) is 0 Å². The lowest BCUT2D eigenvalue weighted by molar-refractivity contribution is 0.589. The molecule has 160 valence electrons. The maximum Gasteiger partial charge on any atom is 0.264 e. The summed E-state index contributed by atoms with van der Waals surface area (Å²) in [5.41, 5.74) is 2.06. The molecule has 1 saturated heterocycles. The Kier molecular flexibility index (Phi) is 6.55. The van der Waals surface area contributed by atoms with Gasteiger partial charge in [0.2, 0.25) is 0 Å². The molecule has 0 aliphatic carbocycles. The molecule has 1 fully saturated rings. The van der Waals surface area contributed by atoms with Crippen LogP contribution in [0.25, 0.3) is 10.8 Å². The molecule has 0 aromatic heterocycles. The van der Waals surface area contributed by atoms with E-state index in [-0.39, 0.29) is 17.3 Å². The van der Waals surface area contributed by atoms with Crippen LogP contribution < -0.4 is 14.5 Å². The molecule has 4 rings (SSSR count). The van der Waals surface area contributed by atoms with E-state index in [2.05, 4.69) is 10.2 Å². The van der Waals surface area contributed by atoms with E-state index in [0.717, 1.165) is 41.6 Å². The van der Waals surface area contributed by atoms with E-state index >= 15 is 0 Å². The van der Waals surface area contributed by atoms with Gasteiger partial charge in [0, 0.05) is 49.7 Å². The number of rotatable bonds is 4. The number of nitrogens with one attached hydrogen (secondary N) is 1. The van der Waals surface area contributed by atoms with Crippen LogP contribution in [0.2, 0.25) is 0 Å². The average Bonchev–Trinajstić information content (AvgIpc) is 2.74. The molecule has 0 bridgehead atoms. The van der Waals surface area contributed by atoms with E-state index < -0.39 is 15.8 Å². The van der Waals surface area contributed by atoms with E-state index in [1.807, 2.05) is 30.3 Å². The minimum atomic E-state index is -3.87. The van der Waals surface area contributed by atoms with Crippen molar-refractivity contribution in [3.8, 4) is 0 Å². The van der Waals surface area contributed by atoms with Crippen molar-refractivity contribution in [2.75, 3.05) is 42.4 Å². The Morgan fingerprint density at radius 1 is 1.00 bits per heavy atom. The number of fused-ring (bicyclic) bond motifs is 1. The van der Waals surface area contributed by atoms with Crippen molar-refractivity contribution in [3.05, 3.63) is 66.0 Å². The van der Waals surface area contributed by atoms with Gasteiger partial charge in [-0.15, -0.1) is 12.4 Å². The van der Waals surface area contributed by atoms with Gasteiger partial charge < -0.3 is 10.2 Å². The molecule has 0 unspecified atom stereocenters. The van der Waals surface area contributed by atoms with Crippen LogP contribution in [0.15, 0.2) is 59.5 Å². The van der Waals surface area contributed by atoms with Gasteiger partial charge in [0.1, 0.15) is 5.82 Å². The minimum Gasteiger partial charge on any atom is -0.368 e. The Morgan fingerprint density at radius 3 is 2.37 bits per heavy atom. The number of hydrogen-bond acceptors (Lipinski definition) is 4. The summed E-state index contributed by atoms with van der Waals surface area (Å²) in [6.45, 7) is 5.31. The molecule has 3 aromatic rings. The second kappa shape index (κ2) is 8.79. The van der Waals surface area contributed by atoms with Gasteiger partial charge in [-0.3, -0.25) is 4.31 Å². The molecule has 0 spiro atoms. The molecule has 1 N–H and O–H groups in total. The lowest BCUT2D eigenvalue weighted by Gasteiger charge is -2.31. The van der Waals surface area contributed by atoms with Crippen molar-refractivity contribution < 1.29 is 12.8 Å². The second-order valence-corrected chi connectivity index (χ2v) is 9.21. The molecule has 1 aliphatic heterocycles. The third kappa shape index (κ3) is 3.97. The predicted molar refractivity (Wildman–Crippen MR) is 123 cm³/mol. The normalized spacial score (nSPS) is 14.4. The number of benzene rings is 3. The summed E-state index contributed by atoms with van der Waals surface area (Å²) in [4.78, 5) is 2.49. The van der Waals surface area contributed by atoms with Crippen molar-refractivity contribution in [1.82, 2.24) is 5.32 Å². The highest BCUT2D eigenvalue weighted by Gasteiger charge is 2.26. The summed E-state index contributed by atoms with van der Waals surface area (Å²) in [5, 5.41) is 4.91. The Bertz CT molecular complexity index is 1160. The van der Waals surface area contributed by atoms with Crippen molar-refractivity contribution in [1.29, 1.82) is 0 Å². The van der Waals surface area contributed by atoms with Crippen LogP contribution in [-0.2, 0) is 10.0 Å². The van der Waals surface area contributed by atoms with Gasteiger partial charge in [0.15, 0.2) is 0 Å². The van der Waals surface area contributed by atoms with Gasteiger partial charge in [-0.05, 0) is 36.8 Å². The molecule has 0 amide bonds. The molecule has 1 heterocycles. The predicted octanol–water partition coefficient (Wildman–Crippen LogP) is 3.94. The van der Waals surface area contributed by atoms with E-state index in [0.29, 0.717) is 16.6 Å². The van der Waals surface area contributed by atoms with Crippen LogP contribution in [0.1, 0.15) is 5.56 Å². The summed E-state index contributed by atoms with van der Waals surface area (Å²) >= 11 is 0. The summed E-state index contributed by atoms with van der Waals surface area (Å²) in [6, 6.07) is 15.3. The number of nitrogens with zero attached hydrogens (tertiary/aromatic N) is 2. The third-order valence-corrected chi connectivity index (χ3v) is 7.30. The summed E-state index contributed by atoms with van der Waals surface area (Å²) in [7, 11) is -2.40. The minimum absolute atomic E-state index is 0. The second-order valence-electron chi connectivity index (χ2n) is 7.27. The maximum absolute atomic E-state index is 13.8. The lowest BCUT2D eigenvalue weighted by atomic mass is 10.1. The van der Waals surface area contributed by atoms with Crippen molar-refractivity contribution in [2.45, 2.75) is 11.8 Å². The number of anilines is 2. The molecular weight excluding hydrogens is 425 g/mol. The number of hydrogen-bond donors (Lipinski definition) is 1.